The summed E-state index contributed by atoms with van der Waals surface area (Å²) in [6.45, 7) is 0.769. The maximum absolute atomic E-state index is 5.08. The van der Waals surface area contributed by atoms with Gasteiger partial charge >= 0.3 is 0 Å². The predicted octanol–water partition coefficient (Wildman–Crippen LogP) is 3.92. The molecule has 1 heteroatoms. The van der Waals surface area contributed by atoms with E-state index in [0.717, 1.165) is 12.5 Å². The van der Waals surface area contributed by atoms with Crippen molar-refractivity contribution in [2.24, 2.45) is 0 Å². The van der Waals surface area contributed by atoms with Gasteiger partial charge in [-0.1, -0.05) is 42.0 Å². The second-order valence-electron chi connectivity index (χ2n) is 4.50. The zero-order valence-corrected chi connectivity index (χ0v) is 9.99. The van der Waals surface area contributed by atoms with Crippen LogP contribution in [0.2, 0.25) is 0 Å². The molecule has 0 atom stereocenters. The van der Waals surface area contributed by atoms with Crippen molar-refractivity contribution < 1.29 is 4.74 Å². The Kier molecular flexibility index (Phi) is 4.17. The lowest BCUT2D eigenvalue weighted by Crippen LogP contribution is -2.07. The summed E-state index contributed by atoms with van der Waals surface area (Å²) in [6.07, 6.45) is 7.31. The van der Waals surface area contributed by atoms with Gasteiger partial charge in [0.05, 0.1) is 6.61 Å². The molecular weight excluding hydrogens is 196 g/mol. The van der Waals surface area contributed by atoms with Crippen LogP contribution in [0.25, 0.3) is 0 Å². The summed E-state index contributed by atoms with van der Waals surface area (Å²) in [4.78, 5) is 0. The van der Waals surface area contributed by atoms with E-state index in [1.165, 1.54) is 31.2 Å². The quantitative estimate of drug-likeness (QED) is 0.696. The predicted molar refractivity (Wildman–Crippen MR) is 67.6 cm³/mol. The topological polar surface area (TPSA) is 9.23 Å². The van der Waals surface area contributed by atoms with Crippen molar-refractivity contribution in [2.75, 3.05) is 13.7 Å². The molecule has 1 aromatic carbocycles. The number of allylic oxidation sites excluding steroid dienone is 1. The summed E-state index contributed by atoms with van der Waals surface area (Å²) in [7, 11) is 1.76. The Labute approximate surface area is 98.1 Å². The van der Waals surface area contributed by atoms with Crippen LogP contribution in [0.4, 0.5) is 0 Å². The highest BCUT2D eigenvalue weighted by atomic mass is 16.5. The van der Waals surface area contributed by atoms with E-state index in [9.17, 15) is 0 Å². The molecule has 0 radical (unpaired) electrons. The molecule has 0 unspecified atom stereocenters. The van der Waals surface area contributed by atoms with Crippen molar-refractivity contribution in [2.45, 2.75) is 31.6 Å². The lowest BCUT2D eigenvalue weighted by molar-refractivity contribution is 0.232. The van der Waals surface area contributed by atoms with Crippen LogP contribution in [-0.2, 0) is 4.74 Å². The molecule has 86 valence electrons. The third-order valence-electron chi connectivity index (χ3n) is 3.44. The molecule has 0 spiro atoms. The molecule has 1 nitrogen and oxygen atoms in total. The zero-order chi connectivity index (χ0) is 11.2. The first-order valence-corrected chi connectivity index (χ1v) is 6.12. The fourth-order valence-electron chi connectivity index (χ4n) is 2.45. The average molecular weight is 216 g/mol. The number of methoxy groups -OCH3 is 1. The summed E-state index contributed by atoms with van der Waals surface area (Å²) >= 11 is 0. The molecule has 0 aliphatic heterocycles. The van der Waals surface area contributed by atoms with Crippen molar-refractivity contribution in [1.29, 1.82) is 0 Å². The van der Waals surface area contributed by atoms with Crippen LogP contribution in [-0.4, -0.2) is 13.7 Å². The first-order chi connectivity index (χ1) is 7.90. The van der Waals surface area contributed by atoms with Gasteiger partial charge in [0.25, 0.3) is 0 Å². The summed E-state index contributed by atoms with van der Waals surface area (Å²) < 4.78 is 5.08. The average Bonchev–Trinajstić information content (AvgIpc) is 2.38. The maximum Gasteiger partial charge on any atom is 0.0646 e. The molecule has 0 aromatic heterocycles. The van der Waals surface area contributed by atoms with Crippen LogP contribution in [0.3, 0.4) is 0 Å². The first kappa shape index (κ1) is 11.4. The van der Waals surface area contributed by atoms with E-state index in [-0.39, 0.29) is 0 Å². The number of rotatable bonds is 3. The van der Waals surface area contributed by atoms with Crippen molar-refractivity contribution in [1.82, 2.24) is 0 Å². The smallest absolute Gasteiger partial charge is 0.0646 e. The third-order valence-corrected chi connectivity index (χ3v) is 3.44. The number of benzene rings is 1. The van der Waals surface area contributed by atoms with Gasteiger partial charge in [0.15, 0.2) is 0 Å². The molecule has 0 bridgehead atoms. The van der Waals surface area contributed by atoms with Crippen molar-refractivity contribution >= 4 is 0 Å². The molecule has 1 aromatic rings. The van der Waals surface area contributed by atoms with E-state index in [1.54, 1.807) is 12.7 Å². The van der Waals surface area contributed by atoms with Gasteiger partial charge in [0.1, 0.15) is 0 Å². The van der Waals surface area contributed by atoms with Gasteiger partial charge in [0, 0.05) is 7.11 Å². The highest BCUT2D eigenvalue weighted by Crippen LogP contribution is 2.35. The monoisotopic (exact) mass is 216 g/mol. The van der Waals surface area contributed by atoms with Gasteiger partial charge in [-0.05, 0) is 37.2 Å². The normalized spacial score (nSPS) is 20.8. The lowest BCUT2D eigenvalue weighted by atomic mass is 9.81. The standard InChI is InChI=1S/C15H20O/c1-16-12-11-13-7-9-15(10-8-13)14-5-3-2-4-6-14/h2-6,11,15H,7-10,12H2,1H3. The molecule has 0 amide bonds. The molecule has 1 aliphatic carbocycles. The van der Waals surface area contributed by atoms with E-state index in [0.29, 0.717) is 0 Å². The number of hydrogen-bond acceptors (Lipinski definition) is 1. The van der Waals surface area contributed by atoms with Gasteiger partial charge in [0.2, 0.25) is 0 Å². The molecule has 1 aliphatic rings. The van der Waals surface area contributed by atoms with Crippen LogP contribution < -0.4 is 0 Å². The van der Waals surface area contributed by atoms with Crippen molar-refractivity contribution in [3.63, 3.8) is 0 Å². The molecule has 2 rings (SSSR count). The molecule has 1 fully saturated rings. The Morgan fingerprint density at radius 1 is 1.19 bits per heavy atom. The zero-order valence-electron chi connectivity index (χ0n) is 9.99. The molecule has 16 heavy (non-hydrogen) atoms. The Balaban J connectivity index is 1.90. The lowest BCUT2D eigenvalue weighted by Gasteiger charge is -2.24. The SMILES string of the molecule is COCC=C1CCC(c2ccccc2)CC1. The Morgan fingerprint density at radius 2 is 1.88 bits per heavy atom. The van der Waals surface area contributed by atoms with Crippen LogP contribution in [0.1, 0.15) is 37.2 Å². The first-order valence-electron chi connectivity index (χ1n) is 6.12. The minimum Gasteiger partial charge on any atom is -0.381 e. The molecular formula is C15H20O. The van der Waals surface area contributed by atoms with Gasteiger partial charge in [-0.15, -0.1) is 0 Å². The molecule has 0 N–H and O–H groups in total. The van der Waals surface area contributed by atoms with E-state index >= 15 is 0 Å². The fourth-order valence-corrected chi connectivity index (χ4v) is 2.45. The third kappa shape index (κ3) is 2.96. The Morgan fingerprint density at radius 3 is 2.50 bits per heavy atom. The largest absolute Gasteiger partial charge is 0.381 e. The van der Waals surface area contributed by atoms with Gasteiger partial charge < -0.3 is 4.74 Å². The van der Waals surface area contributed by atoms with E-state index in [1.807, 2.05) is 0 Å². The highest BCUT2D eigenvalue weighted by molar-refractivity contribution is 5.22. The second kappa shape index (κ2) is 5.86. The summed E-state index contributed by atoms with van der Waals surface area (Å²) in [6, 6.07) is 10.9. The minimum atomic E-state index is 0.765. The second-order valence-corrected chi connectivity index (χ2v) is 4.50. The van der Waals surface area contributed by atoms with Crippen LogP contribution in [0.5, 0.6) is 0 Å². The Bertz CT molecular complexity index is 330. The van der Waals surface area contributed by atoms with Crippen molar-refractivity contribution in [3.8, 4) is 0 Å². The maximum atomic E-state index is 5.08. The molecule has 1 saturated carbocycles. The van der Waals surface area contributed by atoms with Gasteiger partial charge in [-0.25, -0.2) is 0 Å². The van der Waals surface area contributed by atoms with Crippen LogP contribution in [0.15, 0.2) is 42.0 Å². The van der Waals surface area contributed by atoms with E-state index in [2.05, 4.69) is 36.4 Å². The number of ether oxygens (including phenoxy) is 1. The Hall–Kier alpha value is -1.08. The van der Waals surface area contributed by atoms with Crippen LogP contribution >= 0.6 is 0 Å². The van der Waals surface area contributed by atoms with E-state index < -0.39 is 0 Å². The van der Waals surface area contributed by atoms with E-state index in [4.69, 9.17) is 4.74 Å². The fraction of sp³-hybridized carbons (Fsp3) is 0.467. The number of hydrogen-bond donors (Lipinski definition) is 0. The summed E-state index contributed by atoms with van der Waals surface area (Å²) in [5.41, 5.74) is 3.09. The molecule has 0 saturated heterocycles. The van der Waals surface area contributed by atoms with Crippen molar-refractivity contribution in [3.05, 3.63) is 47.5 Å². The van der Waals surface area contributed by atoms with Gasteiger partial charge in [-0.2, -0.15) is 0 Å². The minimum absolute atomic E-state index is 0.765. The van der Waals surface area contributed by atoms with Crippen LogP contribution in [0, 0.1) is 0 Å². The summed E-state index contributed by atoms with van der Waals surface area (Å²) in [5.74, 6) is 0.765. The van der Waals surface area contributed by atoms with Gasteiger partial charge in [-0.3, -0.25) is 0 Å². The molecule has 0 heterocycles. The highest BCUT2D eigenvalue weighted by Gasteiger charge is 2.17. The summed E-state index contributed by atoms with van der Waals surface area (Å²) in [5, 5.41) is 0.